The van der Waals surface area contributed by atoms with Crippen LogP contribution in [0.15, 0.2) is 0 Å². The zero-order chi connectivity index (χ0) is 22.8. The summed E-state index contributed by atoms with van der Waals surface area (Å²) in [6, 6.07) is 0. The molecule has 0 heterocycles. The van der Waals surface area contributed by atoms with Crippen LogP contribution in [-0.4, -0.2) is 12.2 Å². The van der Waals surface area contributed by atoms with E-state index in [2.05, 4.69) is 13.8 Å². The van der Waals surface area contributed by atoms with Crippen molar-refractivity contribution in [2.75, 3.05) is 0 Å². The first kappa shape index (κ1) is 30.4. The van der Waals surface area contributed by atoms with Gasteiger partial charge in [0.25, 0.3) is 0 Å². The summed E-state index contributed by atoms with van der Waals surface area (Å²) in [5.74, 6) is -0.105. The van der Waals surface area contributed by atoms with Gasteiger partial charge in [0, 0.05) is 6.42 Å². The largest absolute Gasteiger partial charge is 0.447 e. The molecule has 0 aliphatic carbocycles. The van der Waals surface area contributed by atoms with Crippen molar-refractivity contribution >= 4 is 5.97 Å². The maximum absolute atomic E-state index is 11.9. The van der Waals surface area contributed by atoms with Gasteiger partial charge in [-0.1, -0.05) is 142 Å². The quantitative estimate of drug-likeness (QED) is 0.0875. The van der Waals surface area contributed by atoms with E-state index in [-0.39, 0.29) is 5.97 Å². The lowest BCUT2D eigenvalue weighted by Gasteiger charge is -2.13. The predicted molar refractivity (Wildman–Crippen MR) is 136 cm³/mol. The minimum atomic E-state index is -0.404. The highest BCUT2D eigenvalue weighted by atomic mass is 16.6. The summed E-state index contributed by atoms with van der Waals surface area (Å²) >= 11 is 0. The fourth-order valence-electron chi connectivity index (χ4n) is 4.23. The van der Waals surface area contributed by atoms with Crippen molar-refractivity contribution in [1.82, 2.24) is 0 Å². The number of hydrogen-bond acceptors (Lipinski definition) is 3. The lowest BCUT2D eigenvalue weighted by Crippen LogP contribution is -2.26. The summed E-state index contributed by atoms with van der Waals surface area (Å²) in [6.45, 7) is 4.54. The molecule has 0 aromatic heterocycles. The Morgan fingerprint density at radius 3 is 1.26 bits per heavy atom. The van der Waals surface area contributed by atoms with Crippen LogP contribution < -0.4 is 5.73 Å². The number of esters is 1. The monoisotopic (exact) mass is 439 g/mol. The second-order valence-electron chi connectivity index (χ2n) is 9.64. The van der Waals surface area contributed by atoms with Gasteiger partial charge >= 0.3 is 5.97 Å². The molecule has 0 saturated carbocycles. The van der Waals surface area contributed by atoms with Crippen LogP contribution in [0, 0.1) is 0 Å². The summed E-state index contributed by atoms with van der Waals surface area (Å²) in [7, 11) is 0. The third kappa shape index (κ3) is 25.6. The molecule has 0 rings (SSSR count). The Hall–Kier alpha value is -0.570. The van der Waals surface area contributed by atoms with Crippen LogP contribution in [0.5, 0.6) is 0 Å². The standard InChI is InChI=1S/C28H57NO2/c1-3-5-7-9-11-13-15-17-19-21-23-25-27(29)31-28(30)26-24-22-20-18-16-14-12-10-8-6-4-2/h27H,3-26,29H2,1-2H3. The van der Waals surface area contributed by atoms with E-state index < -0.39 is 6.23 Å². The molecule has 0 spiro atoms. The van der Waals surface area contributed by atoms with Crippen molar-refractivity contribution in [1.29, 1.82) is 0 Å². The van der Waals surface area contributed by atoms with Crippen LogP contribution in [0.3, 0.4) is 0 Å². The van der Waals surface area contributed by atoms with Gasteiger partial charge in [0.1, 0.15) is 0 Å². The molecule has 31 heavy (non-hydrogen) atoms. The number of carbonyl (C=O) groups excluding carboxylic acids is 1. The van der Waals surface area contributed by atoms with Crippen LogP contribution in [0.1, 0.15) is 168 Å². The van der Waals surface area contributed by atoms with Crippen molar-refractivity contribution < 1.29 is 9.53 Å². The van der Waals surface area contributed by atoms with E-state index in [0.717, 1.165) is 25.7 Å². The first-order valence-electron chi connectivity index (χ1n) is 14.2. The Bertz CT molecular complexity index is 359. The topological polar surface area (TPSA) is 52.3 Å². The van der Waals surface area contributed by atoms with Crippen molar-refractivity contribution in [2.45, 2.75) is 174 Å². The van der Waals surface area contributed by atoms with E-state index in [1.54, 1.807) is 0 Å². The second kappa shape index (κ2) is 25.7. The highest BCUT2D eigenvalue weighted by Gasteiger charge is 2.09. The molecule has 0 aromatic carbocycles. The van der Waals surface area contributed by atoms with Crippen molar-refractivity contribution in [3.8, 4) is 0 Å². The Kier molecular flexibility index (Phi) is 25.2. The maximum atomic E-state index is 11.9. The first-order chi connectivity index (χ1) is 15.2. The highest BCUT2D eigenvalue weighted by Crippen LogP contribution is 2.14. The number of hydrogen-bond donors (Lipinski definition) is 1. The number of unbranched alkanes of at least 4 members (excludes halogenated alkanes) is 20. The summed E-state index contributed by atoms with van der Waals surface area (Å²) < 4.78 is 5.37. The second-order valence-corrected chi connectivity index (χ2v) is 9.64. The lowest BCUT2D eigenvalue weighted by molar-refractivity contribution is -0.149. The molecule has 0 aliphatic heterocycles. The maximum Gasteiger partial charge on any atom is 0.307 e. The zero-order valence-electron chi connectivity index (χ0n) is 21.4. The minimum Gasteiger partial charge on any atom is -0.447 e. The Balaban J connectivity index is 3.30. The van der Waals surface area contributed by atoms with Gasteiger partial charge in [0.15, 0.2) is 6.23 Å². The number of ether oxygens (including phenoxy) is 1. The average molecular weight is 440 g/mol. The molecule has 3 nitrogen and oxygen atoms in total. The minimum absolute atomic E-state index is 0.105. The van der Waals surface area contributed by atoms with Gasteiger partial charge in [0.05, 0.1) is 0 Å². The van der Waals surface area contributed by atoms with Gasteiger partial charge in [-0.15, -0.1) is 0 Å². The molecule has 0 aromatic rings. The average Bonchev–Trinajstić information content (AvgIpc) is 2.75. The molecule has 0 amide bonds. The molecule has 0 bridgehead atoms. The number of nitrogens with two attached hydrogens (primary N) is 1. The smallest absolute Gasteiger partial charge is 0.307 e. The molecule has 0 fully saturated rings. The third-order valence-electron chi connectivity index (χ3n) is 6.36. The van der Waals surface area contributed by atoms with Gasteiger partial charge in [-0.2, -0.15) is 0 Å². The van der Waals surface area contributed by atoms with E-state index in [1.807, 2.05) is 0 Å². The normalized spacial score (nSPS) is 12.2. The number of rotatable bonds is 25. The van der Waals surface area contributed by atoms with Gasteiger partial charge in [-0.05, 0) is 19.3 Å². The molecular weight excluding hydrogens is 382 g/mol. The molecule has 3 heteroatoms. The van der Waals surface area contributed by atoms with Gasteiger partial charge in [-0.3, -0.25) is 10.5 Å². The van der Waals surface area contributed by atoms with Crippen molar-refractivity contribution in [3.05, 3.63) is 0 Å². The van der Waals surface area contributed by atoms with Gasteiger partial charge < -0.3 is 4.74 Å². The molecular formula is C28H57NO2. The summed E-state index contributed by atoms with van der Waals surface area (Å²) in [6.07, 6.45) is 29.8. The van der Waals surface area contributed by atoms with Gasteiger partial charge in [0.2, 0.25) is 0 Å². The zero-order valence-corrected chi connectivity index (χ0v) is 21.4. The molecule has 1 unspecified atom stereocenters. The summed E-state index contributed by atoms with van der Waals surface area (Å²) in [5, 5.41) is 0. The van der Waals surface area contributed by atoms with Gasteiger partial charge in [-0.25, -0.2) is 0 Å². The van der Waals surface area contributed by atoms with E-state index in [4.69, 9.17) is 10.5 Å². The van der Waals surface area contributed by atoms with E-state index >= 15 is 0 Å². The Morgan fingerprint density at radius 1 is 0.548 bits per heavy atom. The van der Waals surface area contributed by atoms with Crippen molar-refractivity contribution in [2.24, 2.45) is 5.73 Å². The summed E-state index contributed by atoms with van der Waals surface area (Å²) in [4.78, 5) is 11.9. The Labute approximate surface area is 195 Å². The highest BCUT2D eigenvalue weighted by molar-refractivity contribution is 5.69. The third-order valence-corrected chi connectivity index (χ3v) is 6.36. The summed E-state index contributed by atoms with van der Waals surface area (Å²) in [5.41, 5.74) is 5.98. The molecule has 0 aliphatic rings. The molecule has 186 valence electrons. The SMILES string of the molecule is CCCCCCCCCCCCCC(=O)OC(N)CCCCCCCCCCCCC. The van der Waals surface area contributed by atoms with Crippen molar-refractivity contribution in [3.63, 3.8) is 0 Å². The fourth-order valence-corrected chi connectivity index (χ4v) is 4.23. The molecule has 1 atom stereocenters. The van der Waals surface area contributed by atoms with E-state index in [9.17, 15) is 4.79 Å². The van der Waals surface area contributed by atoms with Crippen LogP contribution in [-0.2, 0) is 9.53 Å². The predicted octanol–water partition coefficient (Wildman–Crippen LogP) is 9.22. The first-order valence-corrected chi connectivity index (χ1v) is 14.2. The van der Waals surface area contributed by atoms with E-state index in [0.29, 0.717) is 6.42 Å². The molecule has 0 radical (unpaired) electrons. The number of carbonyl (C=O) groups is 1. The fraction of sp³-hybridized carbons (Fsp3) is 0.964. The van der Waals surface area contributed by atoms with Crippen LogP contribution in [0.4, 0.5) is 0 Å². The lowest BCUT2D eigenvalue weighted by atomic mass is 10.1. The van der Waals surface area contributed by atoms with Crippen LogP contribution in [0.2, 0.25) is 0 Å². The Morgan fingerprint density at radius 2 is 0.871 bits per heavy atom. The van der Waals surface area contributed by atoms with Crippen LogP contribution >= 0.6 is 0 Å². The van der Waals surface area contributed by atoms with E-state index in [1.165, 1.54) is 122 Å². The van der Waals surface area contributed by atoms with Crippen LogP contribution in [0.25, 0.3) is 0 Å². The molecule has 2 N–H and O–H groups in total. The molecule has 0 saturated heterocycles.